The number of benzene rings is 1. The fourth-order valence-electron chi connectivity index (χ4n) is 1.23. The average molecular weight is 253 g/mol. The van der Waals surface area contributed by atoms with Gasteiger partial charge in [-0.3, -0.25) is 10.1 Å². The lowest BCUT2D eigenvalue weighted by Crippen LogP contribution is -2.40. The lowest BCUT2D eigenvalue weighted by molar-refractivity contribution is -0.384. The first kappa shape index (κ1) is 13.9. The number of urea groups is 1. The summed E-state index contributed by atoms with van der Waals surface area (Å²) < 4.78 is 0. The second-order valence-electron chi connectivity index (χ2n) is 3.88. The van der Waals surface area contributed by atoms with Gasteiger partial charge in [-0.25, -0.2) is 4.79 Å². The predicted octanol–water partition coefficient (Wildman–Crippen LogP) is 1.44. The van der Waals surface area contributed by atoms with Gasteiger partial charge < -0.3 is 15.3 Å². The Hall–Kier alpha value is -2.15. The van der Waals surface area contributed by atoms with E-state index in [9.17, 15) is 14.9 Å². The van der Waals surface area contributed by atoms with Crippen LogP contribution in [0.25, 0.3) is 0 Å². The fraction of sp³-hybridized carbons (Fsp3) is 0.364. The van der Waals surface area contributed by atoms with Gasteiger partial charge in [-0.05, 0) is 13.0 Å². The SMILES string of the molecule is CC(CO)N(C)C(=O)Nc1cccc([N+](=O)[O-])c1. The van der Waals surface area contributed by atoms with E-state index in [4.69, 9.17) is 5.11 Å². The molecule has 0 aliphatic rings. The maximum atomic E-state index is 11.7. The molecule has 1 atom stereocenters. The number of rotatable bonds is 4. The Morgan fingerprint density at radius 3 is 2.83 bits per heavy atom. The van der Waals surface area contributed by atoms with Gasteiger partial charge in [-0.2, -0.15) is 0 Å². The molecule has 0 aromatic heterocycles. The number of amides is 2. The highest BCUT2D eigenvalue weighted by atomic mass is 16.6. The van der Waals surface area contributed by atoms with Crippen molar-refractivity contribution in [2.24, 2.45) is 0 Å². The Kier molecular flexibility index (Phi) is 4.61. The number of anilines is 1. The molecule has 0 aliphatic carbocycles. The zero-order valence-corrected chi connectivity index (χ0v) is 10.2. The summed E-state index contributed by atoms with van der Waals surface area (Å²) in [4.78, 5) is 23.1. The molecule has 0 radical (unpaired) electrons. The molecule has 1 unspecified atom stereocenters. The van der Waals surface area contributed by atoms with E-state index < -0.39 is 11.0 Å². The van der Waals surface area contributed by atoms with E-state index in [2.05, 4.69) is 5.32 Å². The van der Waals surface area contributed by atoms with Crippen LogP contribution in [0.2, 0.25) is 0 Å². The van der Waals surface area contributed by atoms with Gasteiger partial charge >= 0.3 is 6.03 Å². The number of aliphatic hydroxyl groups excluding tert-OH is 1. The van der Waals surface area contributed by atoms with E-state index in [-0.39, 0.29) is 18.3 Å². The van der Waals surface area contributed by atoms with Crippen molar-refractivity contribution < 1.29 is 14.8 Å². The van der Waals surface area contributed by atoms with Gasteiger partial charge in [0.25, 0.3) is 5.69 Å². The van der Waals surface area contributed by atoms with Gasteiger partial charge in [0.2, 0.25) is 0 Å². The maximum Gasteiger partial charge on any atom is 0.321 e. The molecule has 0 fully saturated rings. The number of hydrogen-bond donors (Lipinski definition) is 2. The van der Waals surface area contributed by atoms with Crippen molar-refractivity contribution in [1.82, 2.24) is 4.90 Å². The Labute approximate surface area is 104 Å². The van der Waals surface area contributed by atoms with Crippen molar-refractivity contribution in [3.8, 4) is 0 Å². The summed E-state index contributed by atoms with van der Waals surface area (Å²) in [5.74, 6) is 0. The van der Waals surface area contributed by atoms with Crippen molar-refractivity contribution >= 4 is 17.4 Å². The van der Waals surface area contributed by atoms with E-state index in [0.29, 0.717) is 5.69 Å². The van der Waals surface area contributed by atoms with Crippen molar-refractivity contribution in [3.05, 3.63) is 34.4 Å². The zero-order valence-electron chi connectivity index (χ0n) is 10.2. The molecule has 0 heterocycles. The quantitative estimate of drug-likeness (QED) is 0.626. The number of carbonyl (C=O) groups excluding carboxylic acids is 1. The van der Waals surface area contributed by atoms with Crippen LogP contribution in [0.4, 0.5) is 16.2 Å². The number of nitro benzene ring substituents is 1. The van der Waals surface area contributed by atoms with Crippen LogP contribution in [0.3, 0.4) is 0 Å². The van der Waals surface area contributed by atoms with E-state index in [1.165, 1.54) is 30.1 Å². The number of nitro groups is 1. The van der Waals surface area contributed by atoms with E-state index in [1.54, 1.807) is 13.0 Å². The van der Waals surface area contributed by atoms with Crippen LogP contribution in [-0.2, 0) is 0 Å². The number of aliphatic hydroxyl groups is 1. The molecule has 0 saturated carbocycles. The van der Waals surface area contributed by atoms with E-state index >= 15 is 0 Å². The number of carbonyl (C=O) groups is 1. The molecule has 0 bridgehead atoms. The summed E-state index contributed by atoms with van der Waals surface area (Å²) in [6, 6.07) is 4.90. The smallest absolute Gasteiger partial charge is 0.321 e. The molecule has 1 aromatic carbocycles. The third-order valence-electron chi connectivity index (χ3n) is 2.55. The van der Waals surface area contributed by atoms with Gasteiger partial charge in [0.1, 0.15) is 0 Å². The van der Waals surface area contributed by atoms with Crippen molar-refractivity contribution in [3.63, 3.8) is 0 Å². The standard InChI is InChI=1S/C11H15N3O4/c1-8(7-15)13(2)11(16)12-9-4-3-5-10(6-9)14(17)18/h3-6,8,15H,7H2,1-2H3,(H,12,16). The highest BCUT2D eigenvalue weighted by Crippen LogP contribution is 2.17. The molecule has 2 N–H and O–H groups in total. The highest BCUT2D eigenvalue weighted by molar-refractivity contribution is 5.89. The highest BCUT2D eigenvalue weighted by Gasteiger charge is 2.15. The fourth-order valence-corrected chi connectivity index (χ4v) is 1.23. The van der Waals surface area contributed by atoms with Gasteiger partial charge in [-0.1, -0.05) is 6.07 Å². The van der Waals surface area contributed by atoms with Crippen LogP contribution < -0.4 is 5.32 Å². The number of likely N-dealkylation sites (N-methyl/N-ethyl adjacent to an activating group) is 1. The molecule has 0 aliphatic heterocycles. The minimum atomic E-state index is -0.532. The number of hydrogen-bond acceptors (Lipinski definition) is 4. The summed E-state index contributed by atoms with van der Waals surface area (Å²) in [6.07, 6.45) is 0. The predicted molar refractivity (Wildman–Crippen MR) is 66.4 cm³/mol. The summed E-state index contributed by atoms with van der Waals surface area (Å²) in [5.41, 5.74) is 0.247. The molecule has 0 spiro atoms. The molecule has 7 heteroatoms. The van der Waals surface area contributed by atoms with Crippen LogP contribution in [-0.4, -0.2) is 40.7 Å². The van der Waals surface area contributed by atoms with Crippen LogP contribution in [0.15, 0.2) is 24.3 Å². The Bertz CT molecular complexity index is 450. The van der Waals surface area contributed by atoms with Gasteiger partial charge in [0, 0.05) is 24.9 Å². The Balaban J connectivity index is 2.76. The number of non-ortho nitro benzene ring substituents is 1. The largest absolute Gasteiger partial charge is 0.394 e. The molecular weight excluding hydrogens is 238 g/mol. The second kappa shape index (κ2) is 5.97. The molecule has 7 nitrogen and oxygen atoms in total. The molecule has 2 amide bonds. The van der Waals surface area contributed by atoms with Gasteiger partial charge in [0.15, 0.2) is 0 Å². The summed E-state index contributed by atoms with van der Waals surface area (Å²) in [6.45, 7) is 1.53. The van der Waals surface area contributed by atoms with Gasteiger partial charge in [-0.15, -0.1) is 0 Å². The summed E-state index contributed by atoms with van der Waals surface area (Å²) in [5, 5.41) is 22.0. The zero-order chi connectivity index (χ0) is 13.7. The normalized spacial score (nSPS) is 11.7. The minimum absolute atomic E-state index is 0.0920. The summed E-state index contributed by atoms with van der Waals surface area (Å²) >= 11 is 0. The lowest BCUT2D eigenvalue weighted by atomic mass is 10.3. The summed E-state index contributed by atoms with van der Waals surface area (Å²) in [7, 11) is 1.54. The molecule has 1 rings (SSSR count). The van der Waals surface area contributed by atoms with Crippen molar-refractivity contribution in [1.29, 1.82) is 0 Å². The topological polar surface area (TPSA) is 95.7 Å². The first-order valence-electron chi connectivity index (χ1n) is 5.35. The minimum Gasteiger partial charge on any atom is -0.394 e. The molecule has 18 heavy (non-hydrogen) atoms. The first-order valence-corrected chi connectivity index (χ1v) is 5.35. The molecule has 1 aromatic rings. The van der Waals surface area contributed by atoms with Crippen LogP contribution in [0.1, 0.15) is 6.92 Å². The van der Waals surface area contributed by atoms with E-state index in [1.807, 2.05) is 0 Å². The molecule has 0 saturated heterocycles. The Morgan fingerprint density at radius 2 is 2.28 bits per heavy atom. The van der Waals surface area contributed by atoms with Gasteiger partial charge in [0.05, 0.1) is 17.6 Å². The number of nitrogens with one attached hydrogen (secondary N) is 1. The average Bonchev–Trinajstić information content (AvgIpc) is 2.37. The lowest BCUT2D eigenvalue weighted by Gasteiger charge is -2.23. The van der Waals surface area contributed by atoms with Crippen molar-refractivity contribution in [2.75, 3.05) is 19.0 Å². The van der Waals surface area contributed by atoms with Crippen LogP contribution >= 0.6 is 0 Å². The van der Waals surface area contributed by atoms with Crippen molar-refractivity contribution in [2.45, 2.75) is 13.0 Å². The molecule has 98 valence electrons. The monoisotopic (exact) mass is 253 g/mol. The third kappa shape index (κ3) is 3.42. The Morgan fingerprint density at radius 1 is 1.61 bits per heavy atom. The number of nitrogens with zero attached hydrogens (tertiary/aromatic N) is 2. The van der Waals surface area contributed by atoms with Crippen LogP contribution in [0, 0.1) is 10.1 Å². The second-order valence-corrected chi connectivity index (χ2v) is 3.88. The van der Waals surface area contributed by atoms with E-state index in [0.717, 1.165) is 0 Å². The van der Waals surface area contributed by atoms with Crippen LogP contribution in [0.5, 0.6) is 0 Å². The first-order chi connectivity index (χ1) is 8.45. The third-order valence-corrected chi connectivity index (χ3v) is 2.55. The maximum absolute atomic E-state index is 11.7. The molecular formula is C11H15N3O4.